The zero-order valence-electron chi connectivity index (χ0n) is 9.35. The zero-order chi connectivity index (χ0) is 10.7. The molecule has 0 radical (unpaired) electrons. The standard InChI is InChI=1S/C11H17N3O.ClH/c1-10-8-12-6-7-14(10)11(9-15)4-2-3-5-13-11;/h2-5,9-10,12-13H,6-8H2,1H3;1H/t10-,11?;/m0./s1. The maximum Gasteiger partial charge on any atom is 0.168 e. The highest BCUT2D eigenvalue weighted by molar-refractivity contribution is 5.85. The van der Waals surface area contributed by atoms with Gasteiger partial charge in [0.2, 0.25) is 0 Å². The zero-order valence-corrected chi connectivity index (χ0v) is 10.2. The number of halogens is 1. The second-order valence-electron chi connectivity index (χ2n) is 4.05. The van der Waals surface area contributed by atoms with Gasteiger partial charge in [0.15, 0.2) is 11.9 Å². The Balaban J connectivity index is 0.00000128. The fourth-order valence-corrected chi connectivity index (χ4v) is 2.20. The van der Waals surface area contributed by atoms with Gasteiger partial charge in [-0.15, -0.1) is 12.4 Å². The number of piperazine rings is 1. The third-order valence-corrected chi connectivity index (χ3v) is 3.03. The quantitative estimate of drug-likeness (QED) is 0.684. The van der Waals surface area contributed by atoms with Crippen LogP contribution in [0.2, 0.25) is 0 Å². The number of hydrogen-bond acceptors (Lipinski definition) is 4. The van der Waals surface area contributed by atoms with Crippen molar-refractivity contribution in [2.45, 2.75) is 18.6 Å². The van der Waals surface area contributed by atoms with E-state index in [0.717, 1.165) is 25.9 Å². The lowest BCUT2D eigenvalue weighted by atomic mass is 10.0. The van der Waals surface area contributed by atoms with E-state index < -0.39 is 5.66 Å². The number of rotatable bonds is 2. The van der Waals surface area contributed by atoms with E-state index in [9.17, 15) is 4.79 Å². The number of carbonyl (C=O) groups is 1. The number of hydrogen-bond donors (Lipinski definition) is 2. The van der Waals surface area contributed by atoms with Gasteiger partial charge in [0.05, 0.1) is 0 Å². The monoisotopic (exact) mass is 243 g/mol. The van der Waals surface area contributed by atoms with Crippen LogP contribution < -0.4 is 10.6 Å². The molecule has 1 fully saturated rings. The van der Waals surface area contributed by atoms with Gasteiger partial charge in [-0.3, -0.25) is 9.69 Å². The molecule has 16 heavy (non-hydrogen) atoms. The number of allylic oxidation sites excluding steroid dienone is 2. The van der Waals surface area contributed by atoms with Crippen LogP contribution in [0.25, 0.3) is 0 Å². The Bertz CT molecular complexity index is 306. The molecule has 4 nitrogen and oxygen atoms in total. The Labute approximate surface area is 102 Å². The van der Waals surface area contributed by atoms with Gasteiger partial charge in [0, 0.05) is 25.7 Å². The summed E-state index contributed by atoms with van der Waals surface area (Å²) in [6.45, 7) is 4.87. The first kappa shape index (κ1) is 13.2. The normalized spacial score (nSPS) is 33.9. The van der Waals surface area contributed by atoms with E-state index >= 15 is 0 Å². The second kappa shape index (κ2) is 5.48. The van der Waals surface area contributed by atoms with Crippen LogP contribution in [0.3, 0.4) is 0 Å². The molecule has 90 valence electrons. The van der Waals surface area contributed by atoms with Gasteiger partial charge >= 0.3 is 0 Å². The van der Waals surface area contributed by atoms with E-state index in [-0.39, 0.29) is 12.4 Å². The van der Waals surface area contributed by atoms with Gasteiger partial charge in [-0.1, -0.05) is 6.08 Å². The van der Waals surface area contributed by atoms with Crippen molar-refractivity contribution in [1.29, 1.82) is 0 Å². The van der Waals surface area contributed by atoms with Crippen LogP contribution in [-0.4, -0.2) is 42.5 Å². The lowest BCUT2D eigenvalue weighted by Gasteiger charge is -2.45. The number of dihydropyridines is 1. The highest BCUT2D eigenvalue weighted by Gasteiger charge is 2.37. The van der Waals surface area contributed by atoms with Gasteiger partial charge in [-0.2, -0.15) is 0 Å². The molecule has 5 heteroatoms. The average molecular weight is 244 g/mol. The van der Waals surface area contributed by atoms with Crippen molar-refractivity contribution in [2.75, 3.05) is 19.6 Å². The molecular weight excluding hydrogens is 226 g/mol. The Kier molecular flexibility index (Phi) is 4.53. The first-order chi connectivity index (χ1) is 7.28. The Hall–Kier alpha value is -0.840. The minimum absolute atomic E-state index is 0. The van der Waals surface area contributed by atoms with E-state index in [0.29, 0.717) is 6.04 Å². The summed E-state index contributed by atoms with van der Waals surface area (Å²) >= 11 is 0. The predicted octanol–water partition coefficient (Wildman–Crippen LogP) is 0.270. The SMILES string of the molecule is C[C@H]1CNCCN1C1(C=O)C=CC=CN1.Cl. The Morgan fingerprint density at radius 3 is 2.88 bits per heavy atom. The molecule has 2 aliphatic rings. The van der Waals surface area contributed by atoms with Crippen molar-refractivity contribution in [2.24, 2.45) is 0 Å². The summed E-state index contributed by atoms with van der Waals surface area (Å²) in [5, 5.41) is 6.46. The fraction of sp³-hybridized carbons (Fsp3) is 0.545. The number of nitrogens with zero attached hydrogens (tertiary/aromatic N) is 1. The summed E-state index contributed by atoms with van der Waals surface area (Å²) in [7, 11) is 0. The summed E-state index contributed by atoms with van der Waals surface area (Å²) in [6, 6.07) is 0.354. The van der Waals surface area contributed by atoms with Gasteiger partial charge < -0.3 is 10.6 Å². The highest BCUT2D eigenvalue weighted by atomic mass is 35.5. The molecule has 0 aliphatic carbocycles. The number of carbonyl (C=O) groups excluding carboxylic acids is 1. The van der Waals surface area contributed by atoms with Crippen molar-refractivity contribution >= 4 is 18.7 Å². The van der Waals surface area contributed by atoms with Crippen molar-refractivity contribution in [3.05, 3.63) is 24.4 Å². The average Bonchev–Trinajstić information content (AvgIpc) is 2.30. The molecule has 2 aliphatic heterocycles. The summed E-state index contributed by atoms with van der Waals surface area (Å²) in [4.78, 5) is 13.5. The van der Waals surface area contributed by atoms with E-state index in [2.05, 4.69) is 22.5 Å². The molecule has 2 heterocycles. The molecule has 1 unspecified atom stereocenters. The summed E-state index contributed by atoms with van der Waals surface area (Å²) in [5.74, 6) is 0. The summed E-state index contributed by atoms with van der Waals surface area (Å²) in [6.07, 6.45) is 8.54. The predicted molar refractivity (Wildman–Crippen MR) is 66.5 cm³/mol. The van der Waals surface area contributed by atoms with Crippen LogP contribution >= 0.6 is 12.4 Å². The molecule has 0 aromatic carbocycles. The minimum atomic E-state index is -0.643. The maximum atomic E-state index is 11.3. The van der Waals surface area contributed by atoms with Crippen LogP contribution in [0, 0.1) is 0 Å². The minimum Gasteiger partial charge on any atom is -0.364 e. The van der Waals surface area contributed by atoms with Crippen LogP contribution in [0.5, 0.6) is 0 Å². The molecule has 0 amide bonds. The first-order valence-electron chi connectivity index (χ1n) is 5.34. The Morgan fingerprint density at radius 1 is 1.50 bits per heavy atom. The van der Waals surface area contributed by atoms with Crippen LogP contribution in [0.1, 0.15) is 6.92 Å². The highest BCUT2D eigenvalue weighted by Crippen LogP contribution is 2.19. The maximum absolute atomic E-state index is 11.3. The molecule has 0 bridgehead atoms. The second-order valence-corrected chi connectivity index (χ2v) is 4.05. The van der Waals surface area contributed by atoms with Crippen molar-refractivity contribution in [3.63, 3.8) is 0 Å². The molecule has 1 saturated heterocycles. The van der Waals surface area contributed by atoms with Gasteiger partial charge in [-0.25, -0.2) is 0 Å². The lowest BCUT2D eigenvalue weighted by Crippen LogP contribution is -2.65. The third-order valence-electron chi connectivity index (χ3n) is 3.03. The van der Waals surface area contributed by atoms with Gasteiger partial charge in [0.1, 0.15) is 0 Å². The molecule has 0 aromatic heterocycles. The molecule has 2 rings (SSSR count). The third kappa shape index (κ3) is 2.29. The van der Waals surface area contributed by atoms with Gasteiger partial charge in [0.25, 0.3) is 0 Å². The summed E-state index contributed by atoms with van der Waals surface area (Å²) < 4.78 is 0. The van der Waals surface area contributed by atoms with Crippen LogP contribution in [-0.2, 0) is 4.79 Å². The van der Waals surface area contributed by atoms with E-state index in [1.807, 2.05) is 24.4 Å². The summed E-state index contributed by atoms with van der Waals surface area (Å²) in [5.41, 5.74) is -0.643. The lowest BCUT2D eigenvalue weighted by molar-refractivity contribution is -0.119. The van der Waals surface area contributed by atoms with Crippen molar-refractivity contribution in [3.8, 4) is 0 Å². The van der Waals surface area contributed by atoms with E-state index in [1.54, 1.807) is 0 Å². The molecule has 0 spiro atoms. The molecule has 0 aromatic rings. The van der Waals surface area contributed by atoms with Crippen molar-refractivity contribution in [1.82, 2.24) is 15.5 Å². The van der Waals surface area contributed by atoms with E-state index in [1.165, 1.54) is 0 Å². The van der Waals surface area contributed by atoms with Crippen molar-refractivity contribution < 1.29 is 4.79 Å². The van der Waals surface area contributed by atoms with Crippen LogP contribution in [0.4, 0.5) is 0 Å². The molecule has 2 atom stereocenters. The largest absolute Gasteiger partial charge is 0.364 e. The number of aldehydes is 1. The smallest absolute Gasteiger partial charge is 0.168 e. The Morgan fingerprint density at radius 2 is 2.31 bits per heavy atom. The topological polar surface area (TPSA) is 44.4 Å². The molecule has 0 saturated carbocycles. The van der Waals surface area contributed by atoms with E-state index in [4.69, 9.17) is 0 Å². The molecular formula is C11H18ClN3O. The first-order valence-corrected chi connectivity index (χ1v) is 5.34. The van der Waals surface area contributed by atoms with Crippen LogP contribution in [0.15, 0.2) is 24.4 Å². The fourth-order valence-electron chi connectivity index (χ4n) is 2.20. The number of nitrogens with one attached hydrogen (secondary N) is 2. The van der Waals surface area contributed by atoms with Gasteiger partial charge in [-0.05, 0) is 25.3 Å². The molecule has 2 N–H and O–H groups in total.